The standard InChI is InChI=1S/C15H17N3O4/c16-7-13-8-18(15(9-19)22-13)12-3-1-11(2-4-12)17-5-6-21-10-14(17)20/h1-4,13H,5-8,10,16H2/t13-/m1/s1. The van der Waals surface area contributed by atoms with E-state index in [0.29, 0.717) is 26.2 Å². The first-order valence-electron chi connectivity index (χ1n) is 7.10. The SMILES string of the molecule is NC[C@@H]1CN(c2ccc(N3CCOCC3=O)cc2)C(=C=O)O1. The molecule has 0 spiro atoms. The molecule has 22 heavy (non-hydrogen) atoms. The van der Waals surface area contributed by atoms with Crippen LogP contribution in [-0.4, -0.2) is 50.8 Å². The number of carbonyl (C=O) groups is 1. The lowest BCUT2D eigenvalue weighted by atomic mass is 10.2. The van der Waals surface area contributed by atoms with Crippen molar-refractivity contribution in [2.75, 3.05) is 42.6 Å². The van der Waals surface area contributed by atoms with E-state index in [9.17, 15) is 9.59 Å². The molecule has 2 N–H and O–H groups in total. The Kier molecular flexibility index (Phi) is 4.11. The maximum absolute atomic E-state index is 11.8. The van der Waals surface area contributed by atoms with Crippen LogP contribution in [0.1, 0.15) is 0 Å². The summed E-state index contributed by atoms with van der Waals surface area (Å²) in [5.41, 5.74) is 7.19. The van der Waals surface area contributed by atoms with Crippen molar-refractivity contribution in [1.82, 2.24) is 0 Å². The van der Waals surface area contributed by atoms with E-state index in [1.807, 2.05) is 24.3 Å². The molecule has 2 heterocycles. The number of rotatable bonds is 3. The van der Waals surface area contributed by atoms with Gasteiger partial charge in [-0.1, -0.05) is 0 Å². The highest BCUT2D eigenvalue weighted by Gasteiger charge is 2.29. The van der Waals surface area contributed by atoms with E-state index < -0.39 is 0 Å². The highest BCUT2D eigenvalue weighted by atomic mass is 16.5. The van der Waals surface area contributed by atoms with Gasteiger partial charge in [0.25, 0.3) is 11.8 Å². The molecule has 1 aromatic rings. The van der Waals surface area contributed by atoms with Crippen LogP contribution in [0, 0.1) is 0 Å². The van der Waals surface area contributed by atoms with E-state index in [0.717, 1.165) is 11.4 Å². The fourth-order valence-electron chi connectivity index (χ4n) is 2.57. The molecule has 7 heteroatoms. The summed E-state index contributed by atoms with van der Waals surface area (Å²) >= 11 is 0. The quantitative estimate of drug-likeness (QED) is 0.784. The average Bonchev–Trinajstić information content (AvgIpc) is 2.99. The van der Waals surface area contributed by atoms with Gasteiger partial charge in [-0.2, -0.15) is 0 Å². The monoisotopic (exact) mass is 303 g/mol. The molecule has 0 saturated carbocycles. The van der Waals surface area contributed by atoms with Crippen molar-refractivity contribution in [3.05, 3.63) is 30.1 Å². The number of amides is 1. The second-order valence-electron chi connectivity index (χ2n) is 5.11. The Morgan fingerprint density at radius 3 is 2.50 bits per heavy atom. The highest BCUT2D eigenvalue weighted by molar-refractivity contribution is 5.95. The van der Waals surface area contributed by atoms with Gasteiger partial charge in [-0.3, -0.25) is 9.69 Å². The maximum Gasteiger partial charge on any atom is 0.283 e. The number of nitrogens with two attached hydrogens (primary N) is 1. The van der Waals surface area contributed by atoms with Crippen LogP contribution in [0.25, 0.3) is 0 Å². The van der Waals surface area contributed by atoms with Crippen molar-refractivity contribution >= 4 is 23.2 Å². The van der Waals surface area contributed by atoms with E-state index in [1.165, 1.54) is 0 Å². The summed E-state index contributed by atoms with van der Waals surface area (Å²) in [5, 5.41) is 0. The van der Waals surface area contributed by atoms with Crippen LogP contribution in [0.4, 0.5) is 11.4 Å². The van der Waals surface area contributed by atoms with Gasteiger partial charge in [0.15, 0.2) is 5.94 Å². The maximum atomic E-state index is 11.8. The van der Waals surface area contributed by atoms with Gasteiger partial charge in [-0.15, -0.1) is 0 Å². The van der Waals surface area contributed by atoms with E-state index in [1.54, 1.807) is 15.7 Å². The fraction of sp³-hybridized carbons (Fsp3) is 0.400. The summed E-state index contributed by atoms with van der Waals surface area (Å²) < 4.78 is 10.5. The molecular weight excluding hydrogens is 286 g/mol. The van der Waals surface area contributed by atoms with Gasteiger partial charge >= 0.3 is 0 Å². The van der Waals surface area contributed by atoms with E-state index in [2.05, 4.69) is 0 Å². The van der Waals surface area contributed by atoms with Crippen molar-refractivity contribution < 1.29 is 19.1 Å². The average molecular weight is 303 g/mol. The van der Waals surface area contributed by atoms with E-state index >= 15 is 0 Å². The number of anilines is 2. The van der Waals surface area contributed by atoms with Crippen LogP contribution in [0.3, 0.4) is 0 Å². The molecule has 2 fully saturated rings. The van der Waals surface area contributed by atoms with Crippen molar-refractivity contribution in [1.29, 1.82) is 0 Å². The Morgan fingerprint density at radius 1 is 1.23 bits per heavy atom. The lowest BCUT2D eigenvalue weighted by Gasteiger charge is -2.27. The van der Waals surface area contributed by atoms with Crippen LogP contribution in [0.2, 0.25) is 0 Å². The van der Waals surface area contributed by atoms with E-state index in [-0.39, 0.29) is 24.5 Å². The minimum absolute atomic E-state index is 0.0554. The Balaban J connectivity index is 1.79. The van der Waals surface area contributed by atoms with E-state index in [4.69, 9.17) is 15.2 Å². The second-order valence-corrected chi connectivity index (χ2v) is 5.11. The molecule has 1 atom stereocenters. The Labute approximate surface area is 127 Å². The molecule has 2 saturated heterocycles. The Morgan fingerprint density at radius 2 is 1.91 bits per heavy atom. The lowest BCUT2D eigenvalue weighted by molar-refractivity contribution is -0.125. The first kappa shape index (κ1) is 14.6. The molecule has 2 aliphatic rings. The first-order chi connectivity index (χ1) is 10.7. The van der Waals surface area contributed by atoms with Crippen molar-refractivity contribution in [2.45, 2.75) is 6.10 Å². The molecule has 1 amide bonds. The number of nitrogens with zero attached hydrogens (tertiary/aromatic N) is 2. The van der Waals surface area contributed by atoms with Gasteiger partial charge in [0, 0.05) is 24.5 Å². The van der Waals surface area contributed by atoms with Crippen LogP contribution < -0.4 is 15.5 Å². The minimum Gasteiger partial charge on any atom is -0.464 e. The van der Waals surface area contributed by atoms with Crippen LogP contribution in [0.5, 0.6) is 0 Å². The zero-order valence-corrected chi connectivity index (χ0v) is 12.0. The summed E-state index contributed by atoms with van der Waals surface area (Å²) in [6.45, 7) is 2.03. The van der Waals surface area contributed by atoms with Crippen LogP contribution >= 0.6 is 0 Å². The van der Waals surface area contributed by atoms with Crippen molar-refractivity contribution in [2.24, 2.45) is 5.73 Å². The molecule has 0 unspecified atom stereocenters. The van der Waals surface area contributed by atoms with Crippen LogP contribution in [0.15, 0.2) is 30.1 Å². The van der Waals surface area contributed by atoms with Crippen LogP contribution in [-0.2, 0) is 19.1 Å². The van der Waals surface area contributed by atoms with Crippen molar-refractivity contribution in [3.63, 3.8) is 0 Å². The van der Waals surface area contributed by atoms with Crippen molar-refractivity contribution in [3.8, 4) is 0 Å². The zero-order valence-electron chi connectivity index (χ0n) is 12.0. The minimum atomic E-state index is -0.211. The number of carbonyl (C=O) groups excluding carboxylic acids is 2. The molecule has 7 nitrogen and oxygen atoms in total. The second kappa shape index (κ2) is 6.19. The highest BCUT2D eigenvalue weighted by Crippen LogP contribution is 2.28. The first-order valence-corrected chi connectivity index (χ1v) is 7.10. The molecule has 1 aromatic carbocycles. The molecule has 2 aliphatic heterocycles. The summed E-state index contributed by atoms with van der Waals surface area (Å²) in [6, 6.07) is 7.38. The Hall–Kier alpha value is -2.34. The summed E-state index contributed by atoms with van der Waals surface area (Å²) in [4.78, 5) is 26.2. The summed E-state index contributed by atoms with van der Waals surface area (Å²) in [5.74, 6) is 1.88. The molecule has 3 rings (SSSR count). The zero-order chi connectivity index (χ0) is 15.5. The largest absolute Gasteiger partial charge is 0.464 e. The van der Waals surface area contributed by atoms with Gasteiger partial charge in [0.05, 0.1) is 13.2 Å². The number of ether oxygens (including phenoxy) is 2. The lowest BCUT2D eigenvalue weighted by Crippen LogP contribution is -2.41. The van der Waals surface area contributed by atoms with Gasteiger partial charge < -0.3 is 20.1 Å². The third kappa shape index (κ3) is 2.69. The fourth-order valence-corrected chi connectivity index (χ4v) is 2.57. The predicted molar refractivity (Wildman–Crippen MR) is 80.1 cm³/mol. The third-order valence-electron chi connectivity index (χ3n) is 3.72. The number of hydrogen-bond acceptors (Lipinski definition) is 6. The predicted octanol–water partition coefficient (Wildman–Crippen LogP) is -0.113. The molecule has 0 aliphatic carbocycles. The molecule has 116 valence electrons. The summed E-state index contributed by atoms with van der Waals surface area (Å²) in [7, 11) is 0. The molecule has 0 radical (unpaired) electrons. The molecule has 0 aromatic heterocycles. The molecule has 0 bridgehead atoms. The van der Waals surface area contributed by atoms with Gasteiger partial charge in [0.1, 0.15) is 12.7 Å². The van der Waals surface area contributed by atoms with Gasteiger partial charge in [-0.25, -0.2) is 4.79 Å². The smallest absolute Gasteiger partial charge is 0.283 e. The summed E-state index contributed by atoms with van der Waals surface area (Å²) in [6.07, 6.45) is -0.211. The number of morpholine rings is 1. The van der Waals surface area contributed by atoms with Gasteiger partial charge in [-0.05, 0) is 24.3 Å². The normalized spacial score (nSPS) is 21.8. The third-order valence-corrected chi connectivity index (χ3v) is 3.72. The number of hydrogen-bond donors (Lipinski definition) is 1. The Bertz CT molecular complexity index is 610. The van der Waals surface area contributed by atoms with Gasteiger partial charge in [0.2, 0.25) is 0 Å². The topological polar surface area (TPSA) is 85.1 Å². The molecular formula is C15H17N3O4. The number of benzene rings is 1.